The molecule has 1 aliphatic rings. The molecule has 2 aromatic heterocycles. The molecule has 0 saturated carbocycles. The van der Waals surface area contributed by atoms with E-state index in [1.807, 2.05) is 28.8 Å². The number of carbonyl (C=O) groups excluding carboxylic acids is 1. The molecule has 1 aromatic carbocycles. The lowest BCUT2D eigenvalue weighted by Crippen LogP contribution is -2.28. The second-order valence-corrected chi connectivity index (χ2v) is 9.20. The SMILES string of the molecule is Cc1cc(S(=O)(=O)NCCc2nnc3ccccn23)cc2c1NC(=O)C2(C)C. The fourth-order valence-electron chi connectivity index (χ4n) is 3.40. The lowest BCUT2D eigenvalue weighted by atomic mass is 9.85. The number of nitrogens with one attached hydrogen (secondary N) is 2. The van der Waals surface area contributed by atoms with Gasteiger partial charge in [0.15, 0.2) is 5.65 Å². The third-order valence-electron chi connectivity index (χ3n) is 5.12. The van der Waals surface area contributed by atoms with E-state index in [-0.39, 0.29) is 17.3 Å². The van der Waals surface area contributed by atoms with Crippen LogP contribution in [0.5, 0.6) is 0 Å². The van der Waals surface area contributed by atoms with Crippen LogP contribution in [0.4, 0.5) is 5.69 Å². The van der Waals surface area contributed by atoms with Gasteiger partial charge in [-0.3, -0.25) is 9.20 Å². The van der Waals surface area contributed by atoms with Gasteiger partial charge in [-0.1, -0.05) is 6.07 Å². The number of benzene rings is 1. The number of anilines is 1. The summed E-state index contributed by atoms with van der Waals surface area (Å²) >= 11 is 0. The smallest absolute Gasteiger partial charge is 0.240 e. The average molecular weight is 399 g/mol. The van der Waals surface area contributed by atoms with E-state index < -0.39 is 15.4 Å². The van der Waals surface area contributed by atoms with Crippen LogP contribution in [-0.2, 0) is 26.7 Å². The molecule has 2 N–H and O–H groups in total. The highest BCUT2D eigenvalue weighted by atomic mass is 32.2. The van der Waals surface area contributed by atoms with Crippen molar-refractivity contribution in [3.05, 3.63) is 53.5 Å². The van der Waals surface area contributed by atoms with Gasteiger partial charge >= 0.3 is 0 Å². The maximum Gasteiger partial charge on any atom is 0.240 e. The molecule has 1 aliphatic heterocycles. The van der Waals surface area contributed by atoms with E-state index >= 15 is 0 Å². The van der Waals surface area contributed by atoms with Crippen LogP contribution in [0, 0.1) is 6.92 Å². The maximum atomic E-state index is 12.8. The van der Waals surface area contributed by atoms with E-state index in [0.717, 1.165) is 5.56 Å². The molecule has 4 rings (SSSR count). The van der Waals surface area contributed by atoms with Gasteiger partial charge in [-0.2, -0.15) is 0 Å². The van der Waals surface area contributed by atoms with E-state index in [9.17, 15) is 13.2 Å². The first kappa shape index (κ1) is 18.6. The van der Waals surface area contributed by atoms with Crippen molar-refractivity contribution >= 4 is 27.3 Å². The van der Waals surface area contributed by atoms with Crippen LogP contribution in [0.1, 0.15) is 30.8 Å². The molecule has 3 aromatic rings. The van der Waals surface area contributed by atoms with Crippen molar-refractivity contribution in [3.8, 4) is 0 Å². The predicted molar refractivity (Wildman–Crippen MR) is 105 cm³/mol. The highest BCUT2D eigenvalue weighted by Gasteiger charge is 2.40. The molecule has 0 spiro atoms. The largest absolute Gasteiger partial charge is 0.325 e. The van der Waals surface area contributed by atoms with Crippen LogP contribution in [0.15, 0.2) is 41.4 Å². The summed E-state index contributed by atoms with van der Waals surface area (Å²) < 4.78 is 30.1. The Hall–Kier alpha value is -2.78. The molecule has 1 amide bonds. The average Bonchev–Trinajstić information content (AvgIpc) is 3.15. The summed E-state index contributed by atoms with van der Waals surface area (Å²) in [6, 6.07) is 8.73. The van der Waals surface area contributed by atoms with E-state index in [0.29, 0.717) is 29.1 Å². The van der Waals surface area contributed by atoms with Crippen LogP contribution in [0.2, 0.25) is 0 Å². The molecule has 8 nitrogen and oxygen atoms in total. The number of pyridine rings is 1. The number of amides is 1. The minimum Gasteiger partial charge on any atom is -0.325 e. The zero-order valence-corrected chi connectivity index (χ0v) is 16.7. The molecule has 0 radical (unpaired) electrons. The van der Waals surface area contributed by atoms with E-state index in [2.05, 4.69) is 20.2 Å². The Bertz CT molecular complexity index is 1200. The van der Waals surface area contributed by atoms with Gasteiger partial charge in [0, 0.05) is 24.8 Å². The fraction of sp³-hybridized carbons (Fsp3) is 0.316. The summed E-state index contributed by atoms with van der Waals surface area (Å²) in [6.07, 6.45) is 2.25. The van der Waals surface area contributed by atoms with Crippen molar-refractivity contribution in [3.63, 3.8) is 0 Å². The van der Waals surface area contributed by atoms with Crippen LogP contribution >= 0.6 is 0 Å². The summed E-state index contributed by atoms with van der Waals surface area (Å²) in [4.78, 5) is 12.3. The minimum absolute atomic E-state index is 0.133. The Morgan fingerprint density at radius 3 is 2.79 bits per heavy atom. The summed E-state index contributed by atoms with van der Waals surface area (Å²) in [5.74, 6) is 0.547. The lowest BCUT2D eigenvalue weighted by molar-refractivity contribution is -0.119. The molecule has 146 valence electrons. The van der Waals surface area contributed by atoms with Crippen molar-refractivity contribution in [2.75, 3.05) is 11.9 Å². The first-order chi connectivity index (χ1) is 13.2. The normalized spacial score (nSPS) is 15.6. The van der Waals surface area contributed by atoms with E-state index in [1.54, 1.807) is 32.9 Å². The molecular formula is C19H21N5O3S. The third-order valence-corrected chi connectivity index (χ3v) is 6.56. The Morgan fingerprint density at radius 1 is 1.21 bits per heavy atom. The van der Waals surface area contributed by atoms with Crippen LogP contribution in [-0.4, -0.2) is 35.5 Å². The standard InChI is InChI=1S/C19H21N5O3S/c1-12-10-13(11-14-17(12)21-18(25)19(14,2)3)28(26,27)20-8-7-16-23-22-15-6-4-5-9-24(15)16/h4-6,9-11,20H,7-8H2,1-3H3,(H,21,25). The molecule has 9 heteroatoms. The van der Waals surface area contributed by atoms with Crippen molar-refractivity contribution in [2.45, 2.75) is 37.5 Å². The number of aromatic nitrogens is 3. The first-order valence-electron chi connectivity index (χ1n) is 8.95. The number of nitrogens with zero attached hydrogens (tertiary/aromatic N) is 3. The van der Waals surface area contributed by atoms with Gasteiger partial charge in [0.1, 0.15) is 5.82 Å². The predicted octanol–water partition coefficient (Wildman–Crippen LogP) is 1.79. The number of carbonyl (C=O) groups is 1. The van der Waals surface area contributed by atoms with Crippen LogP contribution in [0.25, 0.3) is 5.65 Å². The minimum atomic E-state index is -3.73. The number of hydrogen-bond acceptors (Lipinski definition) is 5. The molecule has 3 heterocycles. The summed E-state index contributed by atoms with van der Waals surface area (Å²) in [5.41, 5.74) is 2.06. The summed E-state index contributed by atoms with van der Waals surface area (Å²) in [7, 11) is -3.73. The number of fused-ring (bicyclic) bond motifs is 2. The Labute approximate surface area is 163 Å². The summed E-state index contributed by atoms with van der Waals surface area (Å²) in [6.45, 7) is 5.55. The van der Waals surface area contributed by atoms with Gasteiger partial charge < -0.3 is 5.32 Å². The maximum absolute atomic E-state index is 12.8. The number of sulfonamides is 1. The topological polar surface area (TPSA) is 105 Å². The Kier molecular flexibility index (Phi) is 4.24. The van der Waals surface area contributed by atoms with Crippen molar-refractivity contribution in [2.24, 2.45) is 0 Å². The number of rotatable bonds is 5. The van der Waals surface area contributed by atoms with Crippen LogP contribution in [0.3, 0.4) is 0 Å². The molecule has 0 fully saturated rings. The van der Waals surface area contributed by atoms with Gasteiger partial charge in [-0.25, -0.2) is 13.1 Å². The lowest BCUT2D eigenvalue weighted by Gasteiger charge is -2.17. The molecule has 0 unspecified atom stereocenters. The Balaban J connectivity index is 1.55. The molecule has 0 aliphatic carbocycles. The zero-order valence-electron chi connectivity index (χ0n) is 15.9. The highest BCUT2D eigenvalue weighted by molar-refractivity contribution is 7.89. The van der Waals surface area contributed by atoms with Crippen LogP contribution < -0.4 is 10.0 Å². The number of hydrogen-bond donors (Lipinski definition) is 2. The molecule has 28 heavy (non-hydrogen) atoms. The molecule has 0 saturated heterocycles. The van der Waals surface area contributed by atoms with Crippen molar-refractivity contribution < 1.29 is 13.2 Å². The second-order valence-electron chi connectivity index (χ2n) is 7.43. The first-order valence-corrected chi connectivity index (χ1v) is 10.4. The van der Waals surface area contributed by atoms with Crippen molar-refractivity contribution in [1.29, 1.82) is 0 Å². The van der Waals surface area contributed by atoms with Gasteiger partial charge in [0.25, 0.3) is 0 Å². The molecule has 0 bridgehead atoms. The highest BCUT2D eigenvalue weighted by Crippen LogP contribution is 2.40. The quantitative estimate of drug-likeness (QED) is 0.680. The fourth-order valence-corrected chi connectivity index (χ4v) is 4.54. The van der Waals surface area contributed by atoms with Gasteiger partial charge in [-0.05, 0) is 56.2 Å². The Morgan fingerprint density at radius 2 is 2.00 bits per heavy atom. The van der Waals surface area contributed by atoms with Crippen molar-refractivity contribution in [1.82, 2.24) is 19.3 Å². The van der Waals surface area contributed by atoms with E-state index in [4.69, 9.17) is 0 Å². The zero-order chi connectivity index (χ0) is 20.1. The second kappa shape index (κ2) is 6.39. The monoisotopic (exact) mass is 399 g/mol. The van der Waals surface area contributed by atoms with Gasteiger partial charge in [0.05, 0.1) is 10.3 Å². The summed E-state index contributed by atoms with van der Waals surface area (Å²) in [5, 5.41) is 11.0. The third kappa shape index (κ3) is 2.96. The van der Waals surface area contributed by atoms with E-state index in [1.165, 1.54) is 0 Å². The molecular weight excluding hydrogens is 378 g/mol. The molecule has 0 atom stereocenters. The van der Waals surface area contributed by atoms with Gasteiger partial charge in [-0.15, -0.1) is 10.2 Å². The van der Waals surface area contributed by atoms with Gasteiger partial charge in [0.2, 0.25) is 15.9 Å². The number of aryl methyl sites for hydroxylation is 1.